The van der Waals surface area contributed by atoms with E-state index in [4.69, 9.17) is 9.47 Å². The summed E-state index contributed by atoms with van der Waals surface area (Å²) in [6, 6.07) is 1.66. The molecule has 20 heavy (non-hydrogen) atoms. The highest BCUT2D eigenvalue weighted by atomic mass is 32.1. The lowest BCUT2D eigenvalue weighted by Crippen LogP contribution is -2.38. The van der Waals surface area contributed by atoms with Crippen molar-refractivity contribution in [2.75, 3.05) is 33.1 Å². The molecule has 1 heterocycles. The van der Waals surface area contributed by atoms with Crippen LogP contribution in [0.5, 0.6) is 0 Å². The van der Waals surface area contributed by atoms with E-state index in [-0.39, 0.29) is 11.4 Å². The molecule has 114 valence electrons. The van der Waals surface area contributed by atoms with Gasteiger partial charge in [0.25, 0.3) is 0 Å². The predicted molar refractivity (Wildman–Crippen MR) is 80.3 cm³/mol. The molecule has 1 rings (SSSR count). The quantitative estimate of drug-likeness (QED) is 0.849. The molecular formula is C13H23N3O3S. The first kappa shape index (κ1) is 16.9. The summed E-state index contributed by atoms with van der Waals surface area (Å²) in [6.07, 6.45) is -0.439. The van der Waals surface area contributed by atoms with Crippen molar-refractivity contribution >= 4 is 23.4 Å². The maximum absolute atomic E-state index is 12.0. The van der Waals surface area contributed by atoms with E-state index in [0.717, 1.165) is 4.88 Å². The van der Waals surface area contributed by atoms with E-state index in [1.807, 2.05) is 6.07 Å². The number of nitrogens with zero attached hydrogens (tertiary/aromatic N) is 2. The molecule has 0 aliphatic carbocycles. The smallest absolute Gasteiger partial charge is 0.322 e. The van der Waals surface area contributed by atoms with Gasteiger partial charge in [-0.1, -0.05) is 20.8 Å². The molecule has 0 aliphatic rings. The molecule has 1 aromatic rings. The van der Waals surface area contributed by atoms with Crippen molar-refractivity contribution in [3.05, 3.63) is 10.9 Å². The molecule has 0 saturated heterocycles. The molecule has 0 atom stereocenters. The van der Waals surface area contributed by atoms with Crippen LogP contribution in [0.2, 0.25) is 0 Å². The van der Waals surface area contributed by atoms with Gasteiger partial charge in [0, 0.05) is 26.1 Å². The third-order valence-electron chi connectivity index (χ3n) is 2.78. The van der Waals surface area contributed by atoms with E-state index in [2.05, 4.69) is 30.5 Å². The second-order valence-electron chi connectivity index (χ2n) is 5.54. The van der Waals surface area contributed by atoms with E-state index in [1.165, 1.54) is 30.7 Å². The number of methoxy groups -OCH3 is 2. The van der Waals surface area contributed by atoms with Gasteiger partial charge in [-0.05, 0) is 23.0 Å². The second kappa shape index (κ2) is 7.01. The molecule has 0 aromatic carbocycles. The van der Waals surface area contributed by atoms with E-state index in [9.17, 15) is 4.79 Å². The van der Waals surface area contributed by atoms with Gasteiger partial charge in [-0.3, -0.25) is 5.32 Å². The Kier molecular flexibility index (Phi) is 5.91. The van der Waals surface area contributed by atoms with Gasteiger partial charge in [0.2, 0.25) is 0 Å². The maximum atomic E-state index is 12.0. The molecule has 0 saturated carbocycles. The first-order valence-corrected chi connectivity index (χ1v) is 7.10. The molecule has 0 fully saturated rings. The molecule has 2 amide bonds. The summed E-state index contributed by atoms with van der Waals surface area (Å²) in [6.45, 7) is 6.68. The summed E-state index contributed by atoms with van der Waals surface area (Å²) < 4.78 is 14.4. The highest BCUT2D eigenvalue weighted by molar-refractivity contribution is 7.06. The SMILES string of the molecule is COC(CN(C)C(=O)Nc1cc(C(C)(C)C)sn1)OC. The Morgan fingerprint density at radius 3 is 2.50 bits per heavy atom. The number of aromatic nitrogens is 1. The van der Waals surface area contributed by atoms with Gasteiger partial charge in [-0.25, -0.2) is 4.79 Å². The number of carbonyl (C=O) groups is 1. The zero-order chi connectivity index (χ0) is 15.3. The Balaban J connectivity index is 2.59. The molecular weight excluding hydrogens is 278 g/mol. The summed E-state index contributed by atoms with van der Waals surface area (Å²) in [5.41, 5.74) is 0.0315. The van der Waals surface area contributed by atoms with Crippen molar-refractivity contribution < 1.29 is 14.3 Å². The minimum Gasteiger partial charge on any atom is -0.354 e. The second-order valence-corrected chi connectivity index (χ2v) is 6.34. The Morgan fingerprint density at radius 1 is 1.45 bits per heavy atom. The van der Waals surface area contributed by atoms with Crippen LogP contribution < -0.4 is 5.32 Å². The average Bonchev–Trinajstić information content (AvgIpc) is 2.83. The Morgan fingerprint density at radius 2 is 2.05 bits per heavy atom. The Hall–Kier alpha value is -1.18. The zero-order valence-corrected chi connectivity index (χ0v) is 13.7. The first-order valence-electron chi connectivity index (χ1n) is 6.32. The number of rotatable bonds is 5. The van der Waals surface area contributed by atoms with Crippen LogP contribution in [0.25, 0.3) is 0 Å². The number of anilines is 1. The Labute approximate surface area is 124 Å². The van der Waals surface area contributed by atoms with Crippen molar-refractivity contribution in [3.63, 3.8) is 0 Å². The first-order chi connectivity index (χ1) is 9.27. The number of nitrogens with one attached hydrogen (secondary N) is 1. The Bertz CT molecular complexity index is 438. The van der Waals surface area contributed by atoms with Crippen LogP contribution in [-0.4, -0.2) is 49.4 Å². The molecule has 0 spiro atoms. The minimum atomic E-state index is -0.439. The van der Waals surface area contributed by atoms with Crippen molar-refractivity contribution in [3.8, 4) is 0 Å². The van der Waals surface area contributed by atoms with Crippen molar-refractivity contribution in [1.29, 1.82) is 0 Å². The summed E-state index contributed by atoms with van der Waals surface area (Å²) in [5, 5.41) is 2.76. The van der Waals surface area contributed by atoms with Crippen molar-refractivity contribution in [2.24, 2.45) is 0 Å². The third kappa shape index (κ3) is 4.73. The lowest BCUT2D eigenvalue weighted by Gasteiger charge is -2.22. The van der Waals surface area contributed by atoms with Crippen LogP contribution in [0, 0.1) is 0 Å². The van der Waals surface area contributed by atoms with E-state index < -0.39 is 6.29 Å². The van der Waals surface area contributed by atoms with Gasteiger partial charge in [0.1, 0.15) is 5.82 Å². The number of carbonyl (C=O) groups excluding carboxylic acids is 1. The fraction of sp³-hybridized carbons (Fsp3) is 0.692. The highest BCUT2D eigenvalue weighted by Crippen LogP contribution is 2.28. The van der Waals surface area contributed by atoms with Gasteiger partial charge >= 0.3 is 6.03 Å². The standard InChI is InChI=1S/C13H23N3O3S/c1-13(2,3)9-7-10(15-20-9)14-12(17)16(4)8-11(18-5)19-6/h7,11H,8H2,1-6H3,(H,14,15,17). The monoisotopic (exact) mass is 301 g/mol. The molecule has 1 aromatic heterocycles. The summed E-state index contributed by atoms with van der Waals surface area (Å²) in [7, 11) is 4.75. The molecule has 0 radical (unpaired) electrons. The molecule has 0 unspecified atom stereocenters. The van der Waals surface area contributed by atoms with Crippen LogP contribution in [0.1, 0.15) is 25.6 Å². The largest absolute Gasteiger partial charge is 0.354 e. The van der Waals surface area contributed by atoms with Crippen LogP contribution in [0.15, 0.2) is 6.07 Å². The number of hydrogen-bond acceptors (Lipinski definition) is 5. The maximum Gasteiger partial charge on any atom is 0.322 e. The van der Waals surface area contributed by atoms with E-state index in [0.29, 0.717) is 12.4 Å². The van der Waals surface area contributed by atoms with Gasteiger partial charge in [-0.2, -0.15) is 4.37 Å². The van der Waals surface area contributed by atoms with Crippen LogP contribution >= 0.6 is 11.5 Å². The fourth-order valence-electron chi connectivity index (χ4n) is 1.44. The minimum absolute atomic E-state index is 0.0315. The number of amides is 2. The highest BCUT2D eigenvalue weighted by Gasteiger charge is 2.19. The van der Waals surface area contributed by atoms with Crippen LogP contribution in [-0.2, 0) is 14.9 Å². The van der Waals surface area contributed by atoms with Crippen LogP contribution in [0.4, 0.5) is 10.6 Å². The van der Waals surface area contributed by atoms with Crippen molar-refractivity contribution in [2.45, 2.75) is 32.5 Å². The summed E-state index contributed by atoms with van der Waals surface area (Å²) in [5.74, 6) is 0.572. The number of hydrogen-bond donors (Lipinski definition) is 1. The van der Waals surface area contributed by atoms with Gasteiger partial charge in [0.15, 0.2) is 6.29 Å². The number of ether oxygens (including phenoxy) is 2. The molecule has 1 N–H and O–H groups in total. The van der Waals surface area contributed by atoms with E-state index >= 15 is 0 Å². The van der Waals surface area contributed by atoms with Crippen LogP contribution in [0.3, 0.4) is 0 Å². The van der Waals surface area contributed by atoms with Gasteiger partial charge in [0.05, 0.1) is 6.54 Å². The lowest BCUT2D eigenvalue weighted by atomic mass is 9.95. The van der Waals surface area contributed by atoms with Gasteiger partial charge in [-0.15, -0.1) is 0 Å². The predicted octanol–water partition coefficient (Wildman–Crippen LogP) is 2.52. The summed E-state index contributed by atoms with van der Waals surface area (Å²) >= 11 is 1.40. The summed E-state index contributed by atoms with van der Waals surface area (Å²) in [4.78, 5) is 14.6. The normalized spacial score (nSPS) is 11.8. The zero-order valence-electron chi connectivity index (χ0n) is 12.9. The molecule has 7 heteroatoms. The topological polar surface area (TPSA) is 63.7 Å². The lowest BCUT2D eigenvalue weighted by molar-refractivity contribution is -0.108. The van der Waals surface area contributed by atoms with E-state index in [1.54, 1.807) is 7.05 Å². The average molecular weight is 301 g/mol. The molecule has 0 bridgehead atoms. The molecule has 0 aliphatic heterocycles. The van der Waals surface area contributed by atoms with Gasteiger partial charge < -0.3 is 14.4 Å². The molecule has 6 nitrogen and oxygen atoms in total. The third-order valence-corrected chi connectivity index (χ3v) is 3.99. The number of likely N-dealkylation sites (N-methyl/N-ethyl adjacent to an activating group) is 1. The fourth-order valence-corrected chi connectivity index (χ4v) is 2.18. The van der Waals surface area contributed by atoms with Crippen molar-refractivity contribution in [1.82, 2.24) is 9.27 Å². The number of urea groups is 1.